The van der Waals surface area contributed by atoms with Gasteiger partial charge in [0, 0.05) is 18.6 Å². The van der Waals surface area contributed by atoms with E-state index in [1.165, 1.54) is 12.8 Å². The number of hydrogen-bond acceptors (Lipinski definition) is 3. The highest BCUT2D eigenvalue weighted by atomic mass is 16.3. The van der Waals surface area contributed by atoms with Crippen molar-refractivity contribution >= 4 is 0 Å². The molecular weight excluding hydrogens is 176 g/mol. The third-order valence-corrected chi connectivity index (χ3v) is 2.41. The van der Waals surface area contributed by atoms with Gasteiger partial charge in [0.2, 0.25) is 0 Å². The van der Waals surface area contributed by atoms with Gasteiger partial charge in [-0.2, -0.15) is 0 Å². The molecule has 0 heterocycles. The molecule has 0 amide bonds. The van der Waals surface area contributed by atoms with Crippen molar-refractivity contribution < 1.29 is 5.11 Å². The topological polar surface area (TPSA) is 35.5 Å². The summed E-state index contributed by atoms with van der Waals surface area (Å²) < 4.78 is 0. The van der Waals surface area contributed by atoms with Gasteiger partial charge >= 0.3 is 0 Å². The molecule has 0 spiro atoms. The summed E-state index contributed by atoms with van der Waals surface area (Å²) in [6.07, 6.45) is 3.53. The molecule has 14 heavy (non-hydrogen) atoms. The Kier molecular flexibility index (Phi) is 8.14. The van der Waals surface area contributed by atoms with Crippen LogP contribution in [-0.2, 0) is 0 Å². The Hall–Kier alpha value is -0.120. The average Bonchev–Trinajstić information content (AvgIpc) is 2.15. The number of rotatable bonds is 8. The molecule has 86 valence electrons. The van der Waals surface area contributed by atoms with E-state index in [4.69, 9.17) is 0 Å². The van der Waals surface area contributed by atoms with E-state index in [9.17, 15) is 5.11 Å². The van der Waals surface area contributed by atoms with Crippen molar-refractivity contribution in [3.63, 3.8) is 0 Å². The summed E-state index contributed by atoms with van der Waals surface area (Å²) in [5.74, 6) is 0. The van der Waals surface area contributed by atoms with Gasteiger partial charge in [-0.15, -0.1) is 0 Å². The van der Waals surface area contributed by atoms with Crippen molar-refractivity contribution in [2.45, 2.75) is 45.2 Å². The zero-order valence-electron chi connectivity index (χ0n) is 10.1. The van der Waals surface area contributed by atoms with E-state index in [0.29, 0.717) is 6.04 Å². The van der Waals surface area contributed by atoms with Crippen LogP contribution in [0, 0.1) is 0 Å². The summed E-state index contributed by atoms with van der Waals surface area (Å²) in [7, 11) is 4.07. The summed E-state index contributed by atoms with van der Waals surface area (Å²) in [5.41, 5.74) is 0. The smallest absolute Gasteiger partial charge is 0.0597 e. The van der Waals surface area contributed by atoms with Gasteiger partial charge in [0.25, 0.3) is 0 Å². The van der Waals surface area contributed by atoms with Gasteiger partial charge in [-0.3, -0.25) is 0 Å². The van der Waals surface area contributed by atoms with E-state index >= 15 is 0 Å². The van der Waals surface area contributed by atoms with Crippen molar-refractivity contribution in [1.29, 1.82) is 0 Å². The van der Waals surface area contributed by atoms with Gasteiger partial charge in [0.1, 0.15) is 0 Å². The number of aliphatic hydroxyl groups excluding tert-OH is 1. The lowest BCUT2D eigenvalue weighted by molar-refractivity contribution is 0.197. The molecule has 0 saturated heterocycles. The fraction of sp³-hybridized carbons (Fsp3) is 1.00. The summed E-state index contributed by atoms with van der Waals surface area (Å²) in [6, 6.07) is 0.763. The summed E-state index contributed by atoms with van der Waals surface area (Å²) in [6.45, 7) is 5.51. The van der Waals surface area contributed by atoms with Crippen LogP contribution in [0.25, 0.3) is 0 Å². The molecule has 0 aromatic rings. The monoisotopic (exact) mass is 202 g/mol. The standard InChI is InChI=1S/C11H26N2O/c1-5-7-10(6-2)12-11(9-14)8-13(3)4/h10-12,14H,5-9H2,1-4H3. The maximum atomic E-state index is 9.20. The van der Waals surface area contributed by atoms with E-state index in [-0.39, 0.29) is 12.6 Å². The number of nitrogens with one attached hydrogen (secondary N) is 1. The van der Waals surface area contributed by atoms with Crippen LogP contribution >= 0.6 is 0 Å². The van der Waals surface area contributed by atoms with Crippen LogP contribution in [0.4, 0.5) is 0 Å². The minimum atomic E-state index is 0.210. The zero-order valence-corrected chi connectivity index (χ0v) is 10.1. The number of nitrogens with zero attached hydrogens (tertiary/aromatic N) is 1. The number of hydrogen-bond donors (Lipinski definition) is 2. The Morgan fingerprint density at radius 1 is 1.21 bits per heavy atom. The normalized spacial score (nSPS) is 15.9. The van der Waals surface area contributed by atoms with Gasteiger partial charge in [0.15, 0.2) is 0 Å². The van der Waals surface area contributed by atoms with E-state index in [1.54, 1.807) is 0 Å². The molecule has 0 bridgehead atoms. The number of aliphatic hydroxyl groups is 1. The first-order valence-corrected chi connectivity index (χ1v) is 5.65. The van der Waals surface area contributed by atoms with Crippen LogP contribution in [0.3, 0.4) is 0 Å². The van der Waals surface area contributed by atoms with Crippen LogP contribution in [-0.4, -0.2) is 49.3 Å². The van der Waals surface area contributed by atoms with Crippen LogP contribution in [0.5, 0.6) is 0 Å². The molecule has 3 heteroatoms. The lowest BCUT2D eigenvalue weighted by Gasteiger charge is -2.25. The minimum Gasteiger partial charge on any atom is -0.395 e. The molecule has 0 rings (SSSR count). The first-order chi connectivity index (χ1) is 6.63. The Labute approximate surface area is 88.5 Å². The van der Waals surface area contributed by atoms with E-state index in [1.807, 2.05) is 14.1 Å². The lowest BCUT2D eigenvalue weighted by Crippen LogP contribution is -2.45. The van der Waals surface area contributed by atoms with Crippen molar-refractivity contribution in [2.75, 3.05) is 27.2 Å². The zero-order chi connectivity index (χ0) is 11.0. The largest absolute Gasteiger partial charge is 0.395 e. The molecule has 0 radical (unpaired) electrons. The highest BCUT2D eigenvalue weighted by Gasteiger charge is 2.12. The summed E-state index contributed by atoms with van der Waals surface area (Å²) in [4.78, 5) is 2.10. The third kappa shape index (κ3) is 6.35. The molecule has 2 atom stereocenters. The van der Waals surface area contributed by atoms with Crippen LogP contribution in [0.1, 0.15) is 33.1 Å². The first kappa shape index (κ1) is 13.9. The molecular formula is C11H26N2O. The molecule has 2 N–H and O–H groups in total. The molecule has 2 unspecified atom stereocenters. The van der Waals surface area contributed by atoms with Crippen molar-refractivity contribution in [3.8, 4) is 0 Å². The SMILES string of the molecule is CCCC(CC)NC(CO)CN(C)C. The Morgan fingerprint density at radius 2 is 1.86 bits per heavy atom. The molecule has 0 fully saturated rings. The van der Waals surface area contributed by atoms with Gasteiger partial charge < -0.3 is 15.3 Å². The Morgan fingerprint density at radius 3 is 2.21 bits per heavy atom. The second kappa shape index (κ2) is 8.21. The van der Waals surface area contributed by atoms with E-state index in [2.05, 4.69) is 24.1 Å². The van der Waals surface area contributed by atoms with E-state index in [0.717, 1.165) is 13.0 Å². The molecule has 0 aliphatic heterocycles. The highest BCUT2D eigenvalue weighted by molar-refractivity contribution is 4.74. The van der Waals surface area contributed by atoms with E-state index < -0.39 is 0 Å². The minimum absolute atomic E-state index is 0.210. The maximum absolute atomic E-state index is 9.20. The van der Waals surface area contributed by atoms with Crippen molar-refractivity contribution in [3.05, 3.63) is 0 Å². The quantitative estimate of drug-likeness (QED) is 0.618. The fourth-order valence-corrected chi connectivity index (χ4v) is 1.69. The summed E-state index contributed by atoms with van der Waals surface area (Å²) in [5, 5.41) is 12.7. The lowest BCUT2D eigenvalue weighted by atomic mass is 10.1. The van der Waals surface area contributed by atoms with Gasteiger partial charge in [-0.05, 0) is 26.9 Å². The molecule has 0 aromatic heterocycles. The van der Waals surface area contributed by atoms with Crippen LogP contribution in [0.15, 0.2) is 0 Å². The van der Waals surface area contributed by atoms with Gasteiger partial charge in [-0.1, -0.05) is 20.3 Å². The molecule has 0 aromatic carbocycles. The predicted octanol–water partition coefficient (Wildman–Crippen LogP) is 1.08. The molecule has 0 aliphatic rings. The maximum Gasteiger partial charge on any atom is 0.0597 e. The van der Waals surface area contributed by atoms with Crippen molar-refractivity contribution in [1.82, 2.24) is 10.2 Å². The number of likely N-dealkylation sites (N-methyl/N-ethyl adjacent to an activating group) is 1. The van der Waals surface area contributed by atoms with Gasteiger partial charge in [0.05, 0.1) is 6.61 Å². The summed E-state index contributed by atoms with van der Waals surface area (Å²) >= 11 is 0. The second-order valence-corrected chi connectivity index (χ2v) is 4.20. The predicted molar refractivity (Wildman–Crippen MR) is 61.6 cm³/mol. The fourth-order valence-electron chi connectivity index (χ4n) is 1.69. The van der Waals surface area contributed by atoms with Crippen molar-refractivity contribution in [2.24, 2.45) is 0 Å². The van der Waals surface area contributed by atoms with Gasteiger partial charge in [-0.25, -0.2) is 0 Å². The van der Waals surface area contributed by atoms with Crippen LogP contribution < -0.4 is 5.32 Å². The molecule has 0 saturated carbocycles. The van der Waals surface area contributed by atoms with Crippen LogP contribution in [0.2, 0.25) is 0 Å². The molecule has 3 nitrogen and oxygen atoms in total. The second-order valence-electron chi connectivity index (χ2n) is 4.20. The first-order valence-electron chi connectivity index (χ1n) is 5.65. The Bertz CT molecular complexity index is 128. The highest BCUT2D eigenvalue weighted by Crippen LogP contribution is 2.02. The average molecular weight is 202 g/mol. The molecule has 0 aliphatic carbocycles. The third-order valence-electron chi connectivity index (χ3n) is 2.41. The Balaban J connectivity index is 3.87.